The number of nitrogens with zero attached hydrogens (tertiary/aromatic N) is 3. The van der Waals surface area contributed by atoms with Gasteiger partial charge in [0.2, 0.25) is 0 Å². The van der Waals surface area contributed by atoms with Gasteiger partial charge in [-0.25, -0.2) is 4.68 Å². The van der Waals surface area contributed by atoms with Crippen molar-refractivity contribution in [3.8, 4) is 0 Å². The second kappa shape index (κ2) is 7.72. The Balaban J connectivity index is 1.71. The van der Waals surface area contributed by atoms with Gasteiger partial charge in [0.05, 0.1) is 11.6 Å². The molecule has 0 radical (unpaired) electrons. The van der Waals surface area contributed by atoms with E-state index in [4.69, 9.17) is 9.79 Å². The van der Waals surface area contributed by atoms with Crippen LogP contribution < -0.4 is 0 Å². The molecule has 0 aliphatic heterocycles. The first kappa shape index (κ1) is 20.3. The number of hydrogen-bond acceptors (Lipinski definition) is 3. The van der Waals surface area contributed by atoms with Gasteiger partial charge in [-0.3, -0.25) is 4.57 Å². The summed E-state index contributed by atoms with van der Waals surface area (Å²) >= 11 is 0. The molecule has 1 aromatic heterocycles. The lowest BCUT2D eigenvalue weighted by atomic mass is 9.98. The normalized spacial score (nSPS) is 13.5. The molecule has 4 rings (SSSR count). The van der Waals surface area contributed by atoms with Crippen molar-refractivity contribution in [3.63, 3.8) is 0 Å². The van der Waals surface area contributed by atoms with E-state index in [1.54, 1.807) is 4.68 Å². The summed E-state index contributed by atoms with van der Waals surface area (Å²) in [5.74, 6) is 0. The SMILES string of the molecule is O=P(O)(O)C(F)(F)c1ccc(CC(c2ccccc2)n2nnc3ccccc32)cc1. The topological polar surface area (TPSA) is 88.2 Å². The molecule has 0 spiro atoms. The minimum absolute atomic E-state index is 0.244. The summed E-state index contributed by atoms with van der Waals surface area (Å²) in [7, 11) is -5.60. The van der Waals surface area contributed by atoms with E-state index in [0.717, 1.165) is 28.7 Å². The van der Waals surface area contributed by atoms with E-state index in [9.17, 15) is 13.3 Å². The minimum atomic E-state index is -5.60. The van der Waals surface area contributed by atoms with Crippen molar-refractivity contribution in [2.75, 3.05) is 0 Å². The molecule has 0 amide bonds. The summed E-state index contributed by atoms with van der Waals surface area (Å²) in [5, 5.41) is 8.51. The zero-order valence-electron chi connectivity index (χ0n) is 15.6. The van der Waals surface area contributed by atoms with Gasteiger partial charge in [-0.05, 0) is 29.7 Å². The quantitative estimate of drug-likeness (QED) is 0.441. The molecule has 1 unspecified atom stereocenters. The van der Waals surface area contributed by atoms with Crippen LogP contribution in [-0.2, 0) is 16.6 Å². The number of benzene rings is 3. The van der Waals surface area contributed by atoms with Gasteiger partial charge in [-0.2, -0.15) is 8.78 Å². The molecule has 0 fully saturated rings. The van der Waals surface area contributed by atoms with E-state index in [2.05, 4.69) is 10.3 Å². The Hall–Kier alpha value is -2.93. The van der Waals surface area contributed by atoms with Crippen molar-refractivity contribution < 1.29 is 23.1 Å². The van der Waals surface area contributed by atoms with E-state index in [1.807, 2.05) is 54.6 Å². The molecule has 3 aromatic carbocycles. The Morgan fingerprint density at radius 2 is 1.57 bits per heavy atom. The first-order valence-electron chi connectivity index (χ1n) is 9.15. The monoisotopic (exact) mass is 429 g/mol. The van der Waals surface area contributed by atoms with Crippen LogP contribution in [0.15, 0.2) is 78.9 Å². The van der Waals surface area contributed by atoms with Crippen molar-refractivity contribution in [1.82, 2.24) is 15.0 Å². The summed E-state index contributed by atoms with van der Waals surface area (Å²) in [6.45, 7) is 0. The molecule has 9 heteroatoms. The molecule has 0 aliphatic rings. The van der Waals surface area contributed by atoms with E-state index < -0.39 is 18.8 Å². The largest absolute Gasteiger partial charge is 0.399 e. The number of hydrogen-bond donors (Lipinski definition) is 2. The Morgan fingerprint density at radius 3 is 2.23 bits per heavy atom. The van der Waals surface area contributed by atoms with Gasteiger partial charge in [0, 0.05) is 5.56 Å². The summed E-state index contributed by atoms with van der Waals surface area (Å²) < 4.78 is 40.8. The third-order valence-electron chi connectivity index (χ3n) is 4.95. The van der Waals surface area contributed by atoms with Gasteiger partial charge in [0.1, 0.15) is 5.52 Å². The predicted molar refractivity (Wildman–Crippen MR) is 108 cm³/mol. The fourth-order valence-corrected chi connectivity index (χ4v) is 3.86. The molecule has 0 saturated heterocycles. The lowest BCUT2D eigenvalue weighted by molar-refractivity contribution is 0.0564. The number of aromatic nitrogens is 3. The highest BCUT2D eigenvalue weighted by molar-refractivity contribution is 7.52. The Morgan fingerprint density at radius 1 is 0.933 bits per heavy atom. The Labute approximate surface area is 170 Å². The van der Waals surface area contributed by atoms with Crippen molar-refractivity contribution in [2.45, 2.75) is 18.1 Å². The standard InChI is InChI=1S/C21H18F2N3O3P/c22-21(23,30(27,28)29)17-12-10-15(11-13-17)14-20(16-6-2-1-3-7-16)26-19-9-5-4-8-18(19)24-25-26/h1-13,20H,14H2,(H2,27,28,29). The van der Waals surface area contributed by atoms with Crippen LogP contribution in [0.1, 0.15) is 22.7 Å². The second-order valence-electron chi connectivity index (χ2n) is 6.94. The maximum absolute atomic E-state index is 13.9. The fourth-order valence-electron chi connectivity index (χ4n) is 3.37. The van der Waals surface area contributed by atoms with Gasteiger partial charge < -0.3 is 9.79 Å². The summed E-state index contributed by atoms with van der Waals surface area (Å²) in [6.07, 6.45) is 0.430. The maximum atomic E-state index is 13.9. The molecule has 6 nitrogen and oxygen atoms in total. The van der Waals surface area contributed by atoms with Crippen molar-refractivity contribution in [3.05, 3.63) is 95.6 Å². The van der Waals surface area contributed by atoms with Crippen molar-refractivity contribution in [1.29, 1.82) is 0 Å². The third kappa shape index (κ3) is 3.77. The van der Waals surface area contributed by atoms with Gasteiger partial charge in [0.25, 0.3) is 0 Å². The molecule has 0 bridgehead atoms. The average Bonchev–Trinajstić information content (AvgIpc) is 3.16. The smallest absolute Gasteiger partial charge is 0.320 e. The summed E-state index contributed by atoms with van der Waals surface area (Å²) in [6, 6.07) is 21.9. The van der Waals surface area contributed by atoms with Crippen LogP contribution in [0.25, 0.3) is 11.0 Å². The molecular formula is C21H18F2N3O3P. The second-order valence-corrected chi connectivity index (χ2v) is 8.59. The van der Waals surface area contributed by atoms with Crippen LogP contribution in [0, 0.1) is 0 Å². The highest BCUT2D eigenvalue weighted by Crippen LogP contribution is 2.59. The average molecular weight is 429 g/mol. The summed E-state index contributed by atoms with van der Waals surface area (Å²) in [4.78, 5) is 17.9. The van der Waals surface area contributed by atoms with Crippen molar-refractivity contribution >= 4 is 18.6 Å². The van der Waals surface area contributed by atoms with E-state index in [0.29, 0.717) is 12.0 Å². The predicted octanol–water partition coefficient (Wildman–Crippen LogP) is 4.49. The highest BCUT2D eigenvalue weighted by Gasteiger charge is 2.50. The molecular weight excluding hydrogens is 411 g/mol. The minimum Gasteiger partial charge on any atom is -0.320 e. The molecule has 0 aliphatic carbocycles. The number of para-hydroxylation sites is 1. The first-order valence-corrected chi connectivity index (χ1v) is 10.8. The van der Waals surface area contributed by atoms with E-state index >= 15 is 0 Å². The van der Waals surface area contributed by atoms with Crippen molar-refractivity contribution in [2.24, 2.45) is 0 Å². The van der Waals surface area contributed by atoms with E-state index in [1.165, 1.54) is 12.1 Å². The molecule has 1 heterocycles. The maximum Gasteiger partial charge on any atom is 0.399 e. The molecule has 2 N–H and O–H groups in total. The highest BCUT2D eigenvalue weighted by atomic mass is 31.2. The number of halogens is 2. The van der Waals surface area contributed by atoms with Gasteiger partial charge in [-0.1, -0.05) is 71.9 Å². The zero-order valence-corrected chi connectivity index (χ0v) is 16.5. The van der Waals surface area contributed by atoms with Crippen LogP contribution in [-0.4, -0.2) is 24.8 Å². The van der Waals surface area contributed by atoms with Crippen LogP contribution in [0.2, 0.25) is 0 Å². The van der Waals surface area contributed by atoms with Gasteiger partial charge >= 0.3 is 13.3 Å². The van der Waals surface area contributed by atoms with Crippen LogP contribution in [0.3, 0.4) is 0 Å². The van der Waals surface area contributed by atoms with Crippen LogP contribution in [0.4, 0.5) is 8.78 Å². The molecule has 154 valence electrons. The number of rotatable bonds is 6. The van der Waals surface area contributed by atoms with Crippen LogP contribution >= 0.6 is 7.60 Å². The molecule has 1 atom stereocenters. The summed E-state index contributed by atoms with van der Waals surface area (Å²) in [5.41, 5.74) is -1.67. The molecule has 0 saturated carbocycles. The fraction of sp³-hybridized carbons (Fsp3) is 0.143. The first-order chi connectivity index (χ1) is 14.3. The van der Waals surface area contributed by atoms with Crippen LogP contribution in [0.5, 0.6) is 0 Å². The zero-order chi connectivity index (χ0) is 21.4. The molecule has 4 aromatic rings. The Kier molecular flexibility index (Phi) is 5.24. The lowest BCUT2D eigenvalue weighted by Crippen LogP contribution is -2.16. The molecule has 30 heavy (non-hydrogen) atoms. The van der Waals surface area contributed by atoms with Gasteiger partial charge in [0.15, 0.2) is 0 Å². The third-order valence-corrected chi connectivity index (χ3v) is 5.94. The van der Waals surface area contributed by atoms with E-state index in [-0.39, 0.29) is 6.04 Å². The lowest BCUT2D eigenvalue weighted by Gasteiger charge is -2.20. The Bertz CT molecular complexity index is 1210. The number of fused-ring (bicyclic) bond motifs is 1. The van der Waals surface area contributed by atoms with Gasteiger partial charge in [-0.15, -0.1) is 5.10 Å². The number of alkyl halides is 2.